The van der Waals surface area contributed by atoms with Gasteiger partial charge in [0.1, 0.15) is 11.4 Å². The minimum atomic E-state index is -1.20. The average Bonchev–Trinajstić information content (AvgIpc) is 3.01. The number of aliphatic hydroxyl groups is 1. The van der Waals surface area contributed by atoms with E-state index < -0.39 is 5.60 Å². The summed E-state index contributed by atoms with van der Waals surface area (Å²) >= 11 is 5.88. The van der Waals surface area contributed by atoms with Crippen molar-refractivity contribution in [3.05, 3.63) is 76.1 Å². The Labute approximate surface area is 169 Å². The van der Waals surface area contributed by atoms with Crippen LogP contribution in [0.1, 0.15) is 29.5 Å². The third kappa shape index (κ3) is 4.80. The van der Waals surface area contributed by atoms with Crippen molar-refractivity contribution in [2.75, 3.05) is 6.54 Å². The van der Waals surface area contributed by atoms with E-state index >= 15 is 0 Å². The first-order valence-electron chi connectivity index (χ1n) is 9.03. The number of aryl methyl sites for hydroxylation is 2. The van der Waals surface area contributed by atoms with Crippen molar-refractivity contribution in [2.24, 2.45) is 0 Å². The molecular weight excluding hydrogens is 376 g/mol. The molecule has 1 unspecified atom stereocenters. The third-order valence-corrected chi connectivity index (χ3v) is 4.87. The van der Waals surface area contributed by atoms with Crippen LogP contribution in [0.2, 0.25) is 5.02 Å². The van der Waals surface area contributed by atoms with Crippen LogP contribution in [-0.4, -0.2) is 22.5 Å². The standard InChI is InChI=1S/C22H23ClN2O3/c1-14-4-6-16(7-5-14)21-25-19(15(2)28-21)12-20(26)24-13-22(3,27)17-8-10-18(23)11-9-17/h4-11,27H,12-13H2,1-3H3,(H,24,26). The maximum Gasteiger partial charge on any atom is 0.226 e. The highest BCUT2D eigenvalue weighted by atomic mass is 35.5. The highest BCUT2D eigenvalue weighted by Gasteiger charge is 2.24. The van der Waals surface area contributed by atoms with Crippen LogP contribution in [0.5, 0.6) is 0 Å². The maximum atomic E-state index is 12.4. The Kier molecular flexibility index (Phi) is 5.87. The minimum absolute atomic E-state index is 0.0786. The molecule has 6 heteroatoms. The van der Waals surface area contributed by atoms with E-state index in [0.29, 0.717) is 27.9 Å². The van der Waals surface area contributed by atoms with Crippen LogP contribution < -0.4 is 5.32 Å². The summed E-state index contributed by atoms with van der Waals surface area (Å²) in [6.45, 7) is 5.53. The van der Waals surface area contributed by atoms with Gasteiger partial charge in [0, 0.05) is 10.6 Å². The molecule has 1 heterocycles. The Bertz CT molecular complexity index is 960. The molecule has 1 atom stereocenters. The van der Waals surface area contributed by atoms with Crippen molar-refractivity contribution in [3.8, 4) is 11.5 Å². The average molecular weight is 399 g/mol. The van der Waals surface area contributed by atoms with E-state index in [1.54, 1.807) is 38.1 Å². The van der Waals surface area contributed by atoms with Gasteiger partial charge in [-0.05, 0) is 50.6 Å². The lowest BCUT2D eigenvalue weighted by atomic mass is 9.96. The lowest BCUT2D eigenvalue weighted by Crippen LogP contribution is -2.39. The number of oxazole rings is 1. The van der Waals surface area contributed by atoms with Gasteiger partial charge in [0.05, 0.1) is 18.7 Å². The summed E-state index contributed by atoms with van der Waals surface area (Å²) in [4.78, 5) is 16.8. The number of benzene rings is 2. The van der Waals surface area contributed by atoms with E-state index in [0.717, 1.165) is 11.1 Å². The van der Waals surface area contributed by atoms with Gasteiger partial charge in [0.25, 0.3) is 0 Å². The zero-order chi connectivity index (χ0) is 20.3. The molecule has 3 rings (SSSR count). The largest absolute Gasteiger partial charge is 0.441 e. The van der Waals surface area contributed by atoms with Crippen molar-refractivity contribution in [1.82, 2.24) is 10.3 Å². The van der Waals surface area contributed by atoms with Crippen molar-refractivity contribution in [3.63, 3.8) is 0 Å². The second kappa shape index (κ2) is 8.17. The molecular formula is C22H23ClN2O3. The predicted octanol–water partition coefficient (Wildman–Crippen LogP) is 4.18. The topological polar surface area (TPSA) is 75.4 Å². The Morgan fingerprint density at radius 1 is 1.14 bits per heavy atom. The molecule has 146 valence electrons. The summed E-state index contributed by atoms with van der Waals surface area (Å²) in [7, 11) is 0. The maximum absolute atomic E-state index is 12.4. The molecule has 28 heavy (non-hydrogen) atoms. The number of halogens is 1. The summed E-state index contributed by atoms with van der Waals surface area (Å²) in [6.07, 6.45) is 0.0812. The Balaban J connectivity index is 1.63. The molecule has 0 spiro atoms. The van der Waals surface area contributed by atoms with Crippen LogP contribution >= 0.6 is 11.6 Å². The van der Waals surface area contributed by atoms with Crippen molar-refractivity contribution in [2.45, 2.75) is 32.8 Å². The van der Waals surface area contributed by atoms with E-state index in [9.17, 15) is 9.90 Å². The Morgan fingerprint density at radius 2 is 1.79 bits per heavy atom. The molecule has 0 aliphatic rings. The SMILES string of the molecule is Cc1ccc(-c2nc(CC(=O)NCC(C)(O)c3ccc(Cl)cc3)c(C)o2)cc1. The molecule has 0 fully saturated rings. The number of carbonyl (C=O) groups is 1. The Morgan fingerprint density at radius 3 is 2.43 bits per heavy atom. The number of aromatic nitrogens is 1. The van der Waals surface area contributed by atoms with Gasteiger partial charge in [-0.3, -0.25) is 4.79 Å². The van der Waals surface area contributed by atoms with Gasteiger partial charge in [-0.25, -0.2) is 4.98 Å². The van der Waals surface area contributed by atoms with E-state index in [1.807, 2.05) is 31.2 Å². The summed E-state index contributed by atoms with van der Waals surface area (Å²) in [5, 5.41) is 14.0. The summed E-state index contributed by atoms with van der Waals surface area (Å²) in [5.74, 6) is 0.866. The summed E-state index contributed by atoms with van der Waals surface area (Å²) in [6, 6.07) is 14.7. The van der Waals surface area contributed by atoms with E-state index in [4.69, 9.17) is 16.0 Å². The van der Waals surface area contributed by atoms with Gasteiger partial charge < -0.3 is 14.8 Å². The number of amides is 1. The molecule has 0 saturated heterocycles. The first kappa shape index (κ1) is 20.1. The molecule has 1 aromatic heterocycles. The zero-order valence-electron chi connectivity index (χ0n) is 16.1. The van der Waals surface area contributed by atoms with E-state index in [-0.39, 0.29) is 18.9 Å². The quantitative estimate of drug-likeness (QED) is 0.653. The highest BCUT2D eigenvalue weighted by molar-refractivity contribution is 6.30. The molecule has 3 aromatic rings. The molecule has 0 aliphatic heterocycles. The molecule has 0 bridgehead atoms. The van der Waals surface area contributed by atoms with Gasteiger partial charge in [-0.2, -0.15) is 0 Å². The fraction of sp³-hybridized carbons (Fsp3) is 0.273. The van der Waals surface area contributed by atoms with Crippen LogP contribution in [0, 0.1) is 13.8 Å². The molecule has 0 radical (unpaired) electrons. The first-order chi connectivity index (χ1) is 13.2. The van der Waals surface area contributed by atoms with E-state index in [2.05, 4.69) is 10.3 Å². The second-order valence-corrected chi connectivity index (χ2v) is 7.56. The number of rotatable bonds is 6. The van der Waals surface area contributed by atoms with Gasteiger partial charge in [-0.15, -0.1) is 0 Å². The number of nitrogens with one attached hydrogen (secondary N) is 1. The monoisotopic (exact) mass is 398 g/mol. The minimum Gasteiger partial charge on any atom is -0.441 e. The summed E-state index contributed by atoms with van der Waals surface area (Å²) < 4.78 is 5.71. The number of hydrogen-bond acceptors (Lipinski definition) is 4. The van der Waals surface area contributed by atoms with Gasteiger partial charge in [0.15, 0.2) is 0 Å². The van der Waals surface area contributed by atoms with Gasteiger partial charge in [-0.1, -0.05) is 41.4 Å². The summed E-state index contributed by atoms with van der Waals surface area (Å²) in [5.41, 5.74) is 2.08. The predicted molar refractivity (Wildman–Crippen MR) is 109 cm³/mol. The smallest absolute Gasteiger partial charge is 0.226 e. The first-order valence-corrected chi connectivity index (χ1v) is 9.41. The highest BCUT2D eigenvalue weighted by Crippen LogP contribution is 2.23. The number of nitrogens with zero attached hydrogens (tertiary/aromatic N) is 1. The fourth-order valence-corrected chi connectivity index (χ4v) is 2.93. The van der Waals surface area contributed by atoms with Crippen molar-refractivity contribution in [1.29, 1.82) is 0 Å². The van der Waals surface area contributed by atoms with Crippen LogP contribution in [0.4, 0.5) is 0 Å². The molecule has 5 nitrogen and oxygen atoms in total. The number of carbonyl (C=O) groups excluding carboxylic acids is 1. The van der Waals surface area contributed by atoms with Gasteiger partial charge in [0.2, 0.25) is 11.8 Å². The molecule has 0 saturated carbocycles. The lowest BCUT2D eigenvalue weighted by molar-refractivity contribution is -0.121. The molecule has 2 N–H and O–H groups in total. The molecule has 0 aliphatic carbocycles. The van der Waals surface area contributed by atoms with E-state index in [1.165, 1.54) is 0 Å². The lowest BCUT2D eigenvalue weighted by Gasteiger charge is -2.24. The fourth-order valence-electron chi connectivity index (χ4n) is 2.81. The van der Waals surface area contributed by atoms with Crippen LogP contribution in [0.25, 0.3) is 11.5 Å². The molecule has 1 amide bonds. The van der Waals surface area contributed by atoms with Crippen LogP contribution in [0.15, 0.2) is 52.9 Å². The van der Waals surface area contributed by atoms with Crippen LogP contribution in [0.3, 0.4) is 0 Å². The van der Waals surface area contributed by atoms with Crippen molar-refractivity contribution < 1.29 is 14.3 Å². The normalized spacial score (nSPS) is 13.2. The third-order valence-electron chi connectivity index (χ3n) is 4.62. The van der Waals surface area contributed by atoms with Crippen LogP contribution in [-0.2, 0) is 16.8 Å². The van der Waals surface area contributed by atoms with Crippen molar-refractivity contribution >= 4 is 17.5 Å². The number of hydrogen-bond donors (Lipinski definition) is 2. The second-order valence-electron chi connectivity index (χ2n) is 7.12. The Hall–Kier alpha value is -2.63. The van der Waals surface area contributed by atoms with Gasteiger partial charge >= 0.3 is 0 Å². The zero-order valence-corrected chi connectivity index (χ0v) is 16.9. The molecule has 2 aromatic carbocycles.